The fourth-order valence-electron chi connectivity index (χ4n) is 3.22. The van der Waals surface area contributed by atoms with Gasteiger partial charge in [-0.15, -0.1) is 0 Å². The zero-order chi connectivity index (χ0) is 30.9. The summed E-state index contributed by atoms with van der Waals surface area (Å²) in [5, 5.41) is 21.6. The highest BCUT2D eigenvalue weighted by Gasteiger charge is 2.16. The zero-order valence-corrected chi connectivity index (χ0v) is 23.7. The second-order valence-corrected chi connectivity index (χ2v) is 12.0. The summed E-state index contributed by atoms with van der Waals surface area (Å²) in [6, 6.07) is 24.4. The molecule has 16 heteroatoms. The Balaban J connectivity index is 0.000000230. The van der Waals surface area contributed by atoms with Crippen LogP contribution in [0, 0.1) is 20.2 Å². The third-order valence-electron chi connectivity index (χ3n) is 4.88. The van der Waals surface area contributed by atoms with Crippen molar-refractivity contribution in [1.82, 2.24) is 0 Å². The van der Waals surface area contributed by atoms with E-state index in [2.05, 4.69) is 9.44 Å². The lowest BCUT2D eigenvalue weighted by molar-refractivity contribution is -0.385. The van der Waals surface area contributed by atoms with Gasteiger partial charge in [0, 0.05) is 12.1 Å². The summed E-state index contributed by atoms with van der Waals surface area (Å²) in [6.07, 6.45) is 1.97. The molecule has 0 aliphatic carbocycles. The summed E-state index contributed by atoms with van der Waals surface area (Å²) >= 11 is 0. The molecule has 42 heavy (non-hydrogen) atoms. The summed E-state index contributed by atoms with van der Waals surface area (Å²) in [4.78, 5) is 20.5. The van der Waals surface area contributed by atoms with Crippen LogP contribution in [0.4, 0.5) is 22.7 Å². The van der Waals surface area contributed by atoms with Crippen LogP contribution in [0.1, 0.15) is 0 Å². The van der Waals surface area contributed by atoms with E-state index >= 15 is 0 Å². The van der Waals surface area contributed by atoms with Crippen molar-refractivity contribution >= 4 is 42.8 Å². The number of non-ortho nitro benzene ring substituents is 2. The van der Waals surface area contributed by atoms with Gasteiger partial charge in [0.1, 0.15) is 11.5 Å². The zero-order valence-electron chi connectivity index (χ0n) is 22.0. The van der Waals surface area contributed by atoms with Crippen molar-refractivity contribution in [2.24, 2.45) is 0 Å². The Bertz CT molecular complexity index is 1650. The Morgan fingerprint density at radius 2 is 0.905 bits per heavy atom. The molecule has 0 aliphatic rings. The van der Waals surface area contributed by atoms with Crippen molar-refractivity contribution in [2.75, 3.05) is 22.0 Å². The van der Waals surface area contributed by atoms with Crippen LogP contribution in [-0.4, -0.2) is 39.2 Å². The molecule has 4 rings (SSSR count). The van der Waals surface area contributed by atoms with Gasteiger partial charge in [-0.3, -0.25) is 29.7 Å². The first-order valence-corrected chi connectivity index (χ1v) is 15.5. The predicted molar refractivity (Wildman–Crippen MR) is 156 cm³/mol. The van der Waals surface area contributed by atoms with Crippen molar-refractivity contribution in [1.29, 1.82) is 0 Å². The van der Waals surface area contributed by atoms with Crippen LogP contribution in [0.5, 0.6) is 23.0 Å². The molecule has 4 aromatic carbocycles. The smallest absolute Gasteiger partial charge is 0.273 e. The number of hydrogen-bond acceptors (Lipinski definition) is 10. The number of nitro groups is 2. The molecule has 0 saturated carbocycles. The van der Waals surface area contributed by atoms with E-state index in [0.717, 1.165) is 12.5 Å². The van der Waals surface area contributed by atoms with E-state index in [0.29, 0.717) is 11.5 Å². The minimum atomic E-state index is -3.52. The number of nitrogens with one attached hydrogen (secondary N) is 2. The molecule has 0 radical (unpaired) electrons. The summed E-state index contributed by atoms with van der Waals surface area (Å²) < 4.78 is 60.8. The number of ether oxygens (including phenoxy) is 2. The van der Waals surface area contributed by atoms with Gasteiger partial charge < -0.3 is 9.47 Å². The maximum Gasteiger partial charge on any atom is 0.273 e. The number of nitrogens with zero attached hydrogens (tertiary/aromatic N) is 2. The van der Waals surface area contributed by atoms with Gasteiger partial charge in [0.2, 0.25) is 20.0 Å². The fourth-order valence-corrected chi connectivity index (χ4v) is 4.35. The lowest BCUT2D eigenvalue weighted by atomic mass is 10.2. The molecule has 4 aromatic rings. The summed E-state index contributed by atoms with van der Waals surface area (Å²) in [5.41, 5.74) is -0.126. The van der Waals surface area contributed by atoms with Gasteiger partial charge in [0.05, 0.1) is 45.9 Å². The largest absolute Gasteiger partial charge is 0.455 e. The van der Waals surface area contributed by atoms with Crippen molar-refractivity contribution in [3.05, 3.63) is 117 Å². The first-order chi connectivity index (χ1) is 19.7. The second kappa shape index (κ2) is 13.4. The molecular formula is C26H24N4O10S2. The number of rotatable bonds is 10. The molecular weight excluding hydrogens is 592 g/mol. The van der Waals surface area contributed by atoms with Crippen LogP contribution in [0.15, 0.2) is 97.1 Å². The minimum absolute atomic E-state index is 0.0563. The molecule has 0 spiro atoms. The molecule has 2 N–H and O–H groups in total. The number of benzene rings is 4. The molecule has 0 aliphatic heterocycles. The van der Waals surface area contributed by atoms with Gasteiger partial charge >= 0.3 is 0 Å². The molecule has 220 valence electrons. The topological polar surface area (TPSA) is 197 Å². The van der Waals surface area contributed by atoms with Crippen LogP contribution in [0.2, 0.25) is 0 Å². The molecule has 0 unspecified atom stereocenters. The summed E-state index contributed by atoms with van der Waals surface area (Å²) in [5.74, 6) is 0.991. The van der Waals surface area contributed by atoms with Gasteiger partial charge in [0.25, 0.3) is 11.4 Å². The first-order valence-electron chi connectivity index (χ1n) is 11.7. The van der Waals surface area contributed by atoms with Crippen LogP contribution in [0.25, 0.3) is 0 Å². The molecule has 0 bridgehead atoms. The van der Waals surface area contributed by atoms with Crippen molar-refractivity contribution in [2.45, 2.75) is 0 Å². The summed E-state index contributed by atoms with van der Waals surface area (Å²) in [7, 11) is -7.05. The molecule has 14 nitrogen and oxygen atoms in total. The lowest BCUT2D eigenvalue weighted by Gasteiger charge is -2.11. The maximum atomic E-state index is 11.3. The van der Waals surface area contributed by atoms with Gasteiger partial charge in [-0.1, -0.05) is 36.4 Å². The third kappa shape index (κ3) is 10.1. The van der Waals surface area contributed by atoms with Gasteiger partial charge in [-0.25, -0.2) is 16.8 Å². The second-order valence-electron chi connectivity index (χ2n) is 8.45. The van der Waals surface area contributed by atoms with E-state index in [4.69, 9.17) is 9.47 Å². The standard InChI is InChI=1S/2C13H12N2O5S/c2*1-21(18,19)14-12-8-7-10(15(16)17)9-13(12)20-11-5-3-2-4-6-11/h2*2-9,14H,1H3. The predicted octanol–water partition coefficient (Wildman–Crippen LogP) is 5.52. The number of anilines is 2. The average molecular weight is 617 g/mol. The normalized spacial score (nSPS) is 10.9. The maximum absolute atomic E-state index is 11.3. The van der Waals surface area contributed by atoms with Crippen LogP contribution in [0.3, 0.4) is 0 Å². The minimum Gasteiger partial charge on any atom is -0.455 e. The van der Waals surface area contributed by atoms with Crippen LogP contribution < -0.4 is 18.9 Å². The number of hydrogen-bond donors (Lipinski definition) is 2. The highest BCUT2D eigenvalue weighted by molar-refractivity contribution is 7.92. The highest BCUT2D eigenvalue weighted by Crippen LogP contribution is 2.34. The average Bonchev–Trinajstić information content (AvgIpc) is 2.90. The Hall–Kier alpha value is -5.22. The highest BCUT2D eigenvalue weighted by atomic mass is 32.2. The van der Waals surface area contributed by atoms with E-state index in [-0.39, 0.29) is 34.2 Å². The van der Waals surface area contributed by atoms with E-state index in [1.165, 1.54) is 36.4 Å². The third-order valence-corrected chi connectivity index (χ3v) is 6.07. The Morgan fingerprint density at radius 3 is 1.19 bits per heavy atom. The van der Waals surface area contributed by atoms with E-state index in [9.17, 15) is 37.1 Å². The van der Waals surface area contributed by atoms with Gasteiger partial charge in [0.15, 0.2) is 11.5 Å². The summed E-state index contributed by atoms with van der Waals surface area (Å²) in [6.45, 7) is 0. The van der Waals surface area contributed by atoms with Crippen LogP contribution >= 0.6 is 0 Å². The molecule has 0 aromatic heterocycles. The number of nitro benzene ring substituents is 2. The Kier molecular flexibility index (Phi) is 10.0. The van der Waals surface area contributed by atoms with Gasteiger partial charge in [-0.05, 0) is 36.4 Å². The quantitative estimate of drug-likeness (QED) is 0.169. The van der Waals surface area contributed by atoms with Gasteiger partial charge in [-0.2, -0.15) is 0 Å². The molecule has 0 heterocycles. The Morgan fingerprint density at radius 1 is 0.571 bits per heavy atom. The first kappa shape index (κ1) is 31.3. The number of para-hydroxylation sites is 2. The molecule has 0 amide bonds. The van der Waals surface area contributed by atoms with Crippen LogP contribution in [-0.2, 0) is 20.0 Å². The van der Waals surface area contributed by atoms with E-state index in [1.807, 2.05) is 0 Å². The van der Waals surface area contributed by atoms with Crippen molar-refractivity contribution < 1.29 is 36.2 Å². The molecule has 0 atom stereocenters. The molecule has 0 fully saturated rings. The number of sulfonamides is 2. The SMILES string of the molecule is CS(=O)(=O)Nc1ccc([N+](=O)[O-])cc1Oc1ccccc1.CS(=O)(=O)Nc1ccc([N+](=O)[O-])cc1Oc1ccccc1. The molecule has 0 saturated heterocycles. The van der Waals surface area contributed by atoms with Crippen molar-refractivity contribution in [3.63, 3.8) is 0 Å². The fraction of sp³-hybridized carbons (Fsp3) is 0.0769. The van der Waals surface area contributed by atoms with E-state index in [1.54, 1.807) is 60.7 Å². The van der Waals surface area contributed by atoms with E-state index < -0.39 is 29.9 Å². The Labute approximate surface area is 240 Å². The van der Waals surface area contributed by atoms with Crippen molar-refractivity contribution in [3.8, 4) is 23.0 Å². The monoisotopic (exact) mass is 616 g/mol. The lowest BCUT2D eigenvalue weighted by Crippen LogP contribution is -2.10.